The van der Waals surface area contributed by atoms with Gasteiger partial charge in [0.2, 0.25) is 5.91 Å². The molecule has 1 fully saturated rings. The molecule has 3 aromatic carbocycles. The third-order valence-corrected chi connectivity index (χ3v) is 7.75. The lowest BCUT2D eigenvalue weighted by molar-refractivity contribution is -0.122. The molecule has 0 saturated carbocycles. The number of anilines is 3. The van der Waals surface area contributed by atoms with E-state index >= 15 is 0 Å². The smallest absolute Gasteiger partial charge is 0.242 e. The number of amides is 1. The van der Waals surface area contributed by atoms with Gasteiger partial charge in [0.05, 0.1) is 0 Å². The summed E-state index contributed by atoms with van der Waals surface area (Å²) in [5.41, 5.74) is 13.7. The summed E-state index contributed by atoms with van der Waals surface area (Å²) in [4.78, 5) is 15.6. The van der Waals surface area contributed by atoms with Crippen molar-refractivity contribution in [2.45, 2.75) is 66.0 Å². The van der Waals surface area contributed by atoms with E-state index in [0.717, 1.165) is 71.1 Å². The molecule has 6 heteroatoms. The largest absolute Gasteiger partial charge is 0.457 e. The SMILES string of the molecule is CCC(Nc1c(C)c(C)c(N)c(C)c1C)C(=O)NC1CCN(c2ccc(Oc3ccccc3)cc2)CC1. The van der Waals surface area contributed by atoms with Crippen molar-refractivity contribution in [1.29, 1.82) is 0 Å². The molecule has 1 unspecified atom stereocenters. The fraction of sp³-hybridized carbons (Fsp3) is 0.387. The third kappa shape index (κ3) is 6.01. The zero-order valence-corrected chi connectivity index (χ0v) is 22.7. The molecule has 1 atom stereocenters. The number of carbonyl (C=O) groups excluding carboxylic acids is 1. The highest BCUT2D eigenvalue weighted by molar-refractivity contribution is 5.86. The topological polar surface area (TPSA) is 79.6 Å². The summed E-state index contributed by atoms with van der Waals surface area (Å²) in [7, 11) is 0. The zero-order chi connectivity index (χ0) is 26.5. The minimum atomic E-state index is -0.282. The van der Waals surface area contributed by atoms with Crippen LogP contribution in [-0.4, -0.2) is 31.1 Å². The number of rotatable bonds is 8. The fourth-order valence-electron chi connectivity index (χ4n) is 5.02. The van der Waals surface area contributed by atoms with Crippen LogP contribution in [0.4, 0.5) is 17.1 Å². The summed E-state index contributed by atoms with van der Waals surface area (Å²) in [5.74, 6) is 1.72. The van der Waals surface area contributed by atoms with Crippen molar-refractivity contribution in [2.24, 2.45) is 0 Å². The van der Waals surface area contributed by atoms with Crippen LogP contribution in [0, 0.1) is 27.7 Å². The maximum Gasteiger partial charge on any atom is 0.242 e. The van der Waals surface area contributed by atoms with Crippen molar-refractivity contribution in [3.8, 4) is 11.5 Å². The van der Waals surface area contributed by atoms with Gasteiger partial charge >= 0.3 is 0 Å². The quantitative estimate of drug-likeness (QED) is 0.318. The van der Waals surface area contributed by atoms with E-state index in [4.69, 9.17) is 10.5 Å². The molecule has 6 nitrogen and oxygen atoms in total. The van der Waals surface area contributed by atoms with E-state index in [-0.39, 0.29) is 18.0 Å². The van der Waals surface area contributed by atoms with Crippen LogP contribution >= 0.6 is 0 Å². The molecule has 1 amide bonds. The Morgan fingerprint density at radius 1 is 0.919 bits per heavy atom. The van der Waals surface area contributed by atoms with E-state index in [1.807, 2.05) is 63.2 Å². The van der Waals surface area contributed by atoms with Gasteiger partial charge in [-0.3, -0.25) is 4.79 Å². The number of nitrogens with one attached hydrogen (secondary N) is 2. The Balaban J connectivity index is 1.31. The van der Waals surface area contributed by atoms with Crippen molar-refractivity contribution in [3.63, 3.8) is 0 Å². The molecule has 0 aromatic heterocycles. The molecular weight excluding hydrogens is 460 g/mol. The molecule has 196 valence electrons. The highest BCUT2D eigenvalue weighted by atomic mass is 16.5. The molecule has 0 spiro atoms. The zero-order valence-electron chi connectivity index (χ0n) is 22.7. The molecule has 1 saturated heterocycles. The predicted molar refractivity (Wildman–Crippen MR) is 154 cm³/mol. The summed E-state index contributed by atoms with van der Waals surface area (Å²) in [5, 5.41) is 6.84. The first kappa shape index (κ1) is 26.4. The number of hydrogen-bond acceptors (Lipinski definition) is 5. The lowest BCUT2D eigenvalue weighted by Gasteiger charge is -2.35. The van der Waals surface area contributed by atoms with Gasteiger partial charge in [-0.2, -0.15) is 0 Å². The first-order valence-electron chi connectivity index (χ1n) is 13.3. The molecule has 4 rings (SSSR count). The second-order valence-corrected chi connectivity index (χ2v) is 10.1. The van der Waals surface area contributed by atoms with Gasteiger partial charge in [0.25, 0.3) is 0 Å². The van der Waals surface area contributed by atoms with Gasteiger partial charge in [-0.05, 0) is 106 Å². The molecule has 1 aliphatic heterocycles. The van der Waals surface area contributed by atoms with Crippen LogP contribution in [0.25, 0.3) is 0 Å². The number of para-hydroxylation sites is 1. The van der Waals surface area contributed by atoms with E-state index < -0.39 is 0 Å². The van der Waals surface area contributed by atoms with E-state index in [9.17, 15) is 4.79 Å². The second kappa shape index (κ2) is 11.6. The van der Waals surface area contributed by atoms with Gasteiger partial charge in [0, 0.05) is 36.2 Å². The van der Waals surface area contributed by atoms with Crippen molar-refractivity contribution in [3.05, 3.63) is 76.9 Å². The van der Waals surface area contributed by atoms with E-state index in [0.29, 0.717) is 6.42 Å². The van der Waals surface area contributed by atoms with Gasteiger partial charge in [-0.1, -0.05) is 25.1 Å². The standard InChI is InChI=1S/C31H40N4O2/c1-6-28(34-30-22(4)20(2)29(32)21(3)23(30)5)31(36)33-24-16-18-35(19-17-24)25-12-14-27(15-13-25)37-26-10-8-7-9-11-26/h7-15,24,28,34H,6,16-19,32H2,1-5H3,(H,33,36). The van der Waals surface area contributed by atoms with Crippen LogP contribution in [0.3, 0.4) is 0 Å². The summed E-state index contributed by atoms with van der Waals surface area (Å²) >= 11 is 0. The summed E-state index contributed by atoms with van der Waals surface area (Å²) < 4.78 is 5.91. The van der Waals surface area contributed by atoms with Gasteiger partial charge < -0.3 is 26.0 Å². The van der Waals surface area contributed by atoms with Gasteiger partial charge in [0.1, 0.15) is 17.5 Å². The third-order valence-electron chi connectivity index (χ3n) is 7.75. The fourth-order valence-corrected chi connectivity index (χ4v) is 5.02. The van der Waals surface area contributed by atoms with Crippen LogP contribution in [-0.2, 0) is 4.79 Å². The summed E-state index contributed by atoms with van der Waals surface area (Å²) in [6, 6.07) is 17.9. The molecule has 3 aromatic rings. The lowest BCUT2D eigenvalue weighted by Crippen LogP contribution is -2.49. The number of benzene rings is 3. The van der Waals surface area contributed by atoms with E-state index in [1.54, 1.807) is 0 Å². The van der Waals surface area contributed by atoms with Crippen LogP contribution in [0.1, 0.15) is 48.4 Å². The first-order valence-corrected chi connectivity index (χ1v) is 13.3. The number of piperidine rings is 1. The number of nitrogens with two attached hydrogens (primary N) is 1. The van der Waals surface area contributed by atoms with Crippen molar-refractivity contribution >= 4 is 23.0 Å². The molecule has 1 aliphatic rings. The second-order valence-electron chi connectivity index (χ2n) is 10.1. The number of nitrogen functional groups attached to an aromatic ring is 1. The van der Waals surface area contributed by atoms with Crippen LogP contribution < -0.4 is 26.0 Å². The summed E-state index contributed by atoms with van der Waals surface area (Å²) in [6.07, 6.45) is 2.55. The predicted octanol–water partition coefficient (Wildman–Crippen LogP) is 6.27. The van der Waals surface area contributed by atoms with Gasteiger partial charge in [0.15, 0.2) is 0 Å². The van der Waals surface area contributed by atoms with Gasteiger partial charge in [-0.25, -0.2) is 0 Å². The normalized spacial score (nSPS) is 14.8. The van der Waals surface area contributed by atoms with E-state index in [2.05, 4.69) is 41.5 Å². The Kier molecular flexibility index (Phi) is 8.27. The van der Waals surface area contributed by atoms with Gasteiger partial charge in [-0.15, -0.1) is 0 Å². The highest BCUT2D eigenvalue weighted by Crippen LogP contribution is 2.33. The number of ether oxygens (including phenoxy) is 1. The minimum Gasteiger partial charge on any atom is -0.457 e. The number of carbonyl (C=O) groups is 1. The molecular formula is C31H40N4O2. The monoisotopic (exact) mass is 500 g/mol. The van der Waals surface area contributed by atoms with Crippen LogP contribution in [0.5, 0.6) is 11.5 Å². The highest BCUT2D eigenvalue weighted by Gasteiger charge is 2.25. The molecule has 0 radical (unpaired) electrons. The Bertz CT molecular complexity index is 1190. The van der Waals surface area contributed by atoms with Crippen molar-refractivity contribution in [2.75, 3.05) is 29.0 Å². The number of nitrogens with zero attached hydrogens (tertiary/aromatic N) is 1. The average Bonchev–Trinajstić information content (AvgIpc) is 2.92. The van der Waals surface area contributed by atoms with Crippen molar-refractivity contribution < 1.29 is 9.53 Å². The number of hydrogen-bond donors (Lipinski definition) is 3. The maximum absolute atomic E-state index is 13.2. The lowest BCUT2D eigenvalue weighted by atomic mass is 9.95. The summed E-state index contributed by atoms with van der Waals surface area (Å²) in [6.45, 7) is 12.1. The Morgan fingerprint density at radius 3 is 2.05 bits per heavy atom. The van der Waals surface area contributed by atoms with Crippen LogP contribution in [0.15, 0.2) is 54.6 Å². The van der Waals surface area contributed by atoms with E-state index in [1.165, 1.54) is 5.69 Å². The minimum absolute atomic E-state index is 0.0642. The molecule has 4 N–H and O–H groups in total. The Labute approximate surface area is 221 Å². The molecule has 1 heterocycles. The van der Waals surface area contributed by atoms with Crippen LogP contribution in [0.2, 0.25) is 0 Å². The maximum atomic E-state index is 13.2. The van der Waals surface area contributed by atoms with Crippen molar-refractivity contribution in [1.82, 2.24) is 5.32 Å². The molecule has 0 aliphatic carbocycles. The molecule has 0 bridgehead atoms. The first-order chi connectivity index (χ1) is 17.8. The molecule has 37 heavy (non-hydrogen) atoms. The Morgan fingerprint density at radius 2 is 1.49 bits per heavy atom. The Hall–Kier alpha value is -3.67. The average molecular weight is 501 g/mol.